The average molecular weight is 254 g/mol. The number of esters is 1. The van der Waals surface area contributed by atoms with Crippen LogP contribution in [0.25, 0.3) is 10.7 Å². The zero-order valence-corrected chi connectivity index (χ0v) is 10.3. The van der Waals surface area contributed by atoms with Crippen LogP contribution in [0.4, 0.5) is 0 Å². The molecule has 0 N–H and O–H groups in total. The SMILES string of the molecule is CCOC(=O)Cc1nc(-c2nccs2)cs1. The molecule has 0 saturated carbocycles. The quantitative estimate of drug-likeness (QED) is 0.786. The first-order valence-corrected chi connectivity index (χ1v) is 6.55. The van der Waals surface area contributed by atoms with Crippen LogP contribution in [0.2, 0.25) is 0 Å². The monoisotopic (exact) mass is 254 g/mol. The molecule has 0 amide bonds. The van der Waals surface area contributed by atoms with E-state index in [0.717, 1.165) is 15.7 Å². The van der Waals surface area contributed by atoms with Crippen molar-refractivity contribution in [3.8, 4) is 10.7 Å². The van der Waals surface area contributed by atoms with Crippen molar-refractivity contribution in [3.05, 3.63) is 22.0 Å². The van der Waals surface area contributed by atoms with Gasteiger partial charge in [0.25, 0.3) is 0 Å². The maximum absolute atomic E-state index is 11.2. The highest BCUT2D eigenvalue weighted by Crippen LogP contribution is 2.23. The Balaban J connectivity index is 2.06. The van der Waals surface area contributed by atoms with Gasteiger partial charge in [-0.05, 0) is 6.92 Å². The van der Waals surface area contributed by atoms with Crippen LogP contribution in [0.3, 0.4) is 0 Å². The highest BCUT2D eigenvalue weighted by Gasteiger charge is 2.10. The summed E-state index contributed by atoms with van der Waals surface area (Å²) < 4.78 is 4.86. The predicted molar refractivity (Wildman–Crippen MR) is 63.6 cm³/mol. The summed E-state index contributed by atoms with van der Waals surface area (Å²) in [6.07, 6.45) is 1.98. The third kappa shape index (κ3) is 2.65. The van der Waals surface area contributed by atoms with E-state index in [9.17, 15) is 4.79 Å². The number of carbonyl (C=O) groups is 1. The first-order valence-electron chi connectivity index (χ1n) is 4.79. The summed E-state index contributed by atoms with van der Waals surface area (Å²) in [6, 6.07) is 0. The van der Waals surface area contributed by atoms with Crippen LogP contribution in [0, 0.1) is 0 Å². The lowest BCUT2D eigenvalue weighted by Gasteiger charge is -1.97. The molecule has 0 radical (unpaired) electrons. The fourth-order valence-electron chi connectivity index (χ4n) is 1.18. The summed E-state index contributed by atoms with van der Waals surface area (Å²) in [5.74, 6) is -0.234. The molecular weight excluding hydrogens is 244 g/mol. The van der Waals surface area contributed by atoms with Gasteiger partial charge in [0.05, 0.1) is 13.0 Å². The maximum atomic E-state index is 11.2. The summed E-state index contributed by atoms with van der Waals surface area (Å²) in [4.78, 5) is 19.7. The molecule has 0 atom stereocenters. The van der Waals surface area contributed by atoms with Crippen LogP contribution < -0.4 is 0 Å². The van der Waals surface area contributed by atoms with Crippen LogP contribution in [-0.4, -0.2) is 22.5 Å². The van der Waals surface area contributed by atoms with Gasteiger partial charge in [0, 0.05) is 17.0 Å². The first-order chi connectivity index (χ1) is 7.79. The highest BCUT2D eigenvalue weighted by atomic mass is 32.1. The number of thiazole rings is 2. The minimum atomic E-state index is -0.234. The largest absolute Gasteiger partial charge is 0.466 e. The lowest BCUT2D eigenvalue weighted by molar-refractivity contribution is -0.142. The molecule has 0 aliphatic heterocycles. The fraction of sp³-hybridized carbons (Fsp3) is 0.300. The molecule has 0 aromatic carbocycles. The third-order valence-electron chi connectivity index (χ3n) is 1.80. The molecule has 0 aliphatic rings. The van der Waals surface area contributed by atoms with Gasteiger partial charge in [-0.2, -0.15) is 0 Å². The van der Waals surface area contributed by atoms with Gasteiger partial charge in [-0.25, -0.2) is 9.97 Å². The molecular formula is C10H10N2O2S2. The Hall–Kier alpha value is -1.27. The molecule has 0 unspecified atom stereocenters. The molecule has 16 heavy (non-hydrogen) atoms. The van der Waals surface area contributed by atoms with E-state index in [0.29, 0.717) is 6.61 Å². The fourth-order valence-corrected chi connectivity index (χ4v) is 2.61. The molecule has 2 heterocycles. The Morgan fingerprint density at radius 1 is 1.50 bits per heavy atom. The van der Waals surface area contributed by atoms with Crippen LogP contribution in [0.5, 0.6) is 0 Å². The van der Waals surface area contributed by atoms with Crippen molar-refractivity contribution in [2.75, 3.05) is 6.61 Å². The molecule has 4 nitrogen and oxygen atoms in total. The Bertz CT molecular complexity index is 465. The van der Waals surface area contributed by atoms with E-state index in [4.69, 9.17) is 4.74 Å². The van der Waals surface area contributed by atoms with E-state index in [1.54, 1.807) is 13.1 Å². The standard InChI is InChI=1S/C10H10N2O2S2/c1-2-14-9(13)5-8-12-7(6-16-8)10-11-3-4-15-10/h3-4,6H,2,5H2,1H3. The number of nitrogens with zero attached hydrogens (tertiary/aromatic N) is 2. The number of ether oxygens (including phenoxy) is 1. The zero-order chi connectivity index (χ0) is 11.4. The summed E-state index contributed by atoms with van der Waals surface area (Å²) in [7, 11) is 0. The van der Waals surface area contributed by atoms with Gasteiger partial charge >= 0.3 is 5.97 Å². The molecule has 0 aliphatic carbocycles. The van der Waals surface area contributed by atoms with Crippen LogP contribution in [0.15, 0.2) is 17.0 Å². The minimum Gasteiger partial charge on any atom is -0.466 e. The minimum absolute atomic E-state index is 0.234. The summed E-state index contributed by atoms with van der Waals surface area (Å²) in [5.41, 5.74) is 0.833. The average Bonchev–Trinajstić information content (AvgIpc) is 2.86. The highest BCUT2D eigenvalue weighted by molar-refractivity contribution is 7.14. The van der Waals surface area contributed by atoms with Crippen molar-refractivity contribution in [1.29, 1.82) is 0 Å². The van der Waals surface area contributed by atoms with Crippen molar-refractivity contribution in [3.63, 3.8) is 0 Å². The van der Waals surface area contributed by atoms with E-state index in [-0.39, 0.29) is 12.4 Å². The lowest BCUT2D eigenvalue weighted by Crippen LogP contribution is -2.07. The summed E-state index contributed by atoms with van der Waals surface area (Å²) in [6.45, 7) is 2.20. The number of aromatic nitrogens is 2. The Morgan fingerprint density at radius 2 is 2.38 bits per heavy atom. The van der Waals surface area contributed by atoms with Crippen LogP contribution in [-0.2, 0) is 16.0 Å². The Kier molecular flexibility index (Phi) is 3.63. The van der Waals surface area contributed by atoms with Gasteiger partial charge in [0.15, 0.2) is 0 Å². The molecule has 0 spiro atoms. The topological polar surface area (TPSA) is 52.1 Å². The second-order valence-corrected chi connectivity index (χ2v) is 4.78. The third-order valence-corrected chi connectivity index (χ3v) is 3.45. The van der Waals surface area contributed by atoms with E-state index < -0.39 is 0 Å². The van der Waals surface area contributed by atoms with Gasteiger partial charge in [0.1, 0.15) is 15.7 Å². The molecule has 0 fully saturated rings. The normalized spacial score (nSPS) is 10.3. The molecule has 0 saturated heterocycles. The van der Waals surface area contributed by atoms with Gasteiger partial charge in [0.2, 0.25) is 0 Å². The van der Waals surface area contributed by atoms with E-state index >= 15 is 0 Å². The van der Waals surface area contributed by atoms with Crippen LogP contribution >= 0.6 is 22.7 Å². The predicted octanol–water partition coefficient (Wildman–Crippen LogP) is 2.37. The molecule has 84 valence electrons. The first kappa shape index (κ1) is 11.2. The van der Waals surface area contributed by atoms with E-state index in [1.165, 1.54) is 22.7 Å². The second kappa shape index (κ2) is 5.18. The van der Waals surface area contributed by atoms with Gasteiger partial charge in [-0.15, -0.1) is 22.7 Å². The number of hydrogen-bond acceptors (Lipinski definition) is 6. The maximum Gasteiger partial charge on any atom is 0.312 e. The number of rotatable bonds is 4. The van der Waals surface area contributed by atoms with Crippen molar-refractivity contribution in [1.82, 2.24) is 9.97 Å². The van der Waals surface area contributed by atoms with Crippen LogP contribution in [0.1, 0.15) is 11.9 Å². The van der Waals surface area contributed by atoms with Gasteiger partial charge in [-0.3, -0.25) is 4.79 Å². The van der Waals surface area contributed by atoms with Crippen molar-refractivity contribution in [2.45, 2.75) is 13.3 Å². The molecule has 2 aromatic heterocycles. The van der Waals surface area contributed by atoms with Crippen molar-refractivity contribution >= 4 is 28.6 Å². The van der Waals surface area contributed by atoms with E-state index in [1.807, 2.05) is 10.8 Å². The second-order valence-electron chi connectivity index (χ2n) is 2.95. The molecule has 2 rings (SSSR count). The van der Waals surface area contributed by atoms with Crippen molar-refractivity contribution < 1.29 is 9.53 Å². The summed E-state index contributed by atoms with van der Waals surface area (Å²) >= 11 is 2.99. The molecule has 0 bridgehead atoms. The number of carbonyl (C=O) groups excluding carboxylic acids is 1. The Labute approximate surface area is 101 Å². The van der Waals surface area contributed by atoms with Crippen molar-refractivity contribution in [2.24, 2.45) is 0 Å². The smallest absolute Gasteiger partial charge is 0.312 e. The molecule has 2 aromatic rings. The summed E-state index contributed by atoms with van der Waals surface area (Å²) in [5, 5.41) is 5.46. The van der Waals surface area contributed by atoms with Gasteiger partial charge < -0.3 is 4.74 Å². The lowest BCUT2D eigenvalue weighted by atomic mass is 10.4. The molecule has 6 heteroatoms. The Morgan fingerprint density at radius 3 is 3.06 bits per heavy atom. The number of hydrogen-bond donors (Lipinski definition) is 0. The zero-order valence-electron chi connectivity index (χ0n) is 8.67. The van der Waals surface area contributed by atoms with E-state index in [2.05, 4.69) is 9.97 Å². The van der Waals surface area contributed by atoms with Gasteiger partial charge in [-0.1, -0.05) is 0 Å².